The fourth-order valence-corrected chi connectivity index (χ4v) is 3.03. The SMILES string of the molecule is CC(C(=O)Nc1ccc(Cc2nnc3ccccn23)cc1)C1CNC1. The molecular formula is C19H21N5O. The van der Waals surface area contributed by atoms with E-state index < -0.39 is 0 Å². The zero-order valence-corrected chi connectivity index (χ0v) is 14.1. The summed E-state index contributed by atoms with van der Waals surface area (Å²) in [6.07, 6.45) is 2.67. The zero-order valence-electron chi connectivity index (χ0n) is 14.1. The predicted octanol–water partition coefficient (Wildman–Crippen LogP) is 2.11. The van der Waals surface area contributed by atoms with Gasteiger partial charge in [-0.2, -0.15) is 0 Å². The van der Waals surface area contributed by atoms with E-state index in [0.29, 0.717) is 12.3 Å². The van der Waals surface area contributed by atoms with Crippen molar-refractivity contribution in [2.45, 2.75) is 13.3 Å². The second-order valence-corrected chi connectivity index (χ2v) is 6.62. The van der Waals surface area contributed by atoms with Crippen molar-refractivity contribution in [3.05, 3.63) is 60.0 Å². The molecule has 1 aliphatic heterocycles. The van der Waals surface area contributed by atoms with Crippen LogP contribution in [-0.2, 0) is 11.2 Å². The summed E-state index contributed by atoms with van der Waals surface area (Å²) in [6, 6.07) is 13.8. The largest absolute Gasteiger partial charge is 0.326 e. The smallest absolute Gasteiger partial charge is 0.227 e. The molecule has 0 aliphatic carbocycles. The van der Waals surface area contributed by atoms with Crippen LogP contribution < -0.4 is 10.6 Å². The van der Waals surface area contributed by atoms with Gasteiger partial charge in [0.15, 0.2) is 5.65 Å². The molecule has 0 bridgehead atoms. The Hall–Kier alpha value is -2.73. The summed E-state index contributed by atoms with van der Waals surface area (Å²) in [5.74, 6) is 1.46. The number of anilines is 1. The maximum Gasteiger partial charge on any atom is 0.227 e. The lowest BCUT2D eigenvalue weighted by atomic mass is 9.88. The highest BCUT2D eigenvalue weighted by molar-refractivity contribution is 5.92. The van der Waals surface area contributed by atoms with Gasteiger partial charge in [0.1, 0.15) is 5.82 Å². The van der Waals surface area contributed by atoms with E-state index in [1.54, 1.807) is 0 Å². The minimum absolute atomic E-state index is 0.0308. The molecule has 4 rings (SSSR count). The van der Waals surface area contributed by atoms with Gasteiger partial charge in [0.05, 0.1) is 0 Å². The number of hydrogen-bond donors (Lipinski definition) is 2. The number of carbonyl (C=O) groups is 1. The van der Waals surface area contributed by atoms with Crippen LogP contribution in [0.15, 0.2) is 48.7 Å². The van der Waals surface area contributed by atoms with Crippen molar-refractivity contribution in [3.8, 4) is 0 Å². The van der Waals surface area contributed by atoms with E-state index in [-0.39, 0.29) is 11.8 Å². The second kappa shape index (κ2) is 6.64. The van der Waals surface area contributed by atoms with Crippen LogP contribution in [0.5, 0.6) is 0 Å². The molecule has 1 aromatic carbocycles. The van der Waals surface area contributed by atoms with E-state index in [1.807, 2.05) is 60.0 Å². The molecule has 3 heterocycles. The fraction of sp³-hybridized carbons (Fsp3) is 0.316. The van der Waals surface area contributed by atoms with Gasteiger partial charge >= 0.3 is 0 Å². The number of rotatable bonds is 5. The molecule has 6 nitrogen and oxygen atoms in total. The molecule has 25 heavy (non-hydrogen) atoms. The maximum absolute atomic E-state index is 12.3. The zero-order chi connectivity index (χ0) is 17.2. The first-order chi connectivity index (χ1) is 12.2. The summed E-state index contributed by atoms with van der Waals surface area (Å²) in [7, 11) is 0. The van der Waals surface area contributed by atoms with Gasteiger partial charge in [-0.3, -0.25) is 9.20 Å². The Morgan fingerprint density at radius 3 is 2.76 bits per heavy atom. The van der Waals surface area contributed by atoms with Crippen molar-refractivity contribution >= 4 is 17.2 Å². The number of benzene rings is 1. The number of hydrogen-bond acceptors (Lipinski definition) is 4. The first-order valence-electron chi connectivity index (χ1n) is 8.60. The first-order valence-corrected chi connectivity index (χ1v) is 8.60. The average Bonchev–Trinajstić information content (AvgIpc) is 2.98. The summed E-state index contributed by atoms with van der Waals surface area (Å²) in [5.41, 5.74) is 2.81. The fourth-order valence-electron chi connectivity index (χ4n) is 3.03. The lowest BCUT2D eigenvalue weighted by Crippen LogP contribution is -2.48. The number of carbonyl (C=O) groups excluding carboxylic acids is 1. The van der Waals surface area contributed by atoms with E-state index in [0.717, 1.165) is 35.8 Å². The molecule has 0 radical (unpaired) electrons. The minimum Gasteiger partial charge on any atom is -0.326 e. The molecule has 1 aliphatic rings. The summed E-state index contributed by atoms with van der Waals surface area (Å²) >= 11 is 0. The highest BCUT2D eigenvalue weighted by atomic mass is 16.1. The van der Waals surface area contributed by atoms with E-state index in [2.05, 4.69) is 20.8 Å². The van der Waals surface area contributed by atoms with E-state index in [1.165, 1.54) is 0 Å². The summed E-state index contributed by atoms with van der Waals surface area (Å²) in [4.78, 5) is 12.3. The number of amides is 1. The van der Waals surface area contributed by atoms with Crippen LogP contribution in [0, 0.1) is 11.8 Å². The minimum atomic E-state index is 0.0308. The van der Waals surface area contributed by atoms with Gasteiger partial charge in [0.25, 0.3) is 0 Å². The number of nitrogens with zero attached hydrogens (tertiary/aromatic N) is 3. The molecule has 1 amide bonds. The predicted molar refractivity (Wildman–Crippen MR) is 96.4 cm³/mol. The van der Waals surface area contributed by atoms with E-state index in [4.69, 9.17) is 0 Å². The average molecular weight is 335 g/mol. The molecule has 1 fully saturated rings. The molecule has 2 aromatic heterocycles. The molecule has 3 aromatic rings. The van der Waals surface area contributed by atoms with Gasteiger partial charge in [-0.15, -0.1) is 10.2 Å². The van der Waals surface area contributed by atoms with Crippen molar-refractivity contribution in [2.24, 2.45) is 11.8 Å². The maximum atomic E-state index is 12.3. The van der Waals surface area contributed by atoms with Gasteiger partial charge in [-0.1, -0.05) is 25.1 Å². The van der Waals surface area contributed by atoms with Gasteiger partial charge < -0.3 is 10.6 Å². The van der Waals surface area contributed by atoms with Crippen LogP contribution in [0.2, 0.25) is 0 Å². The van der Waals surface area contributed by atoms with Crippen LogP contribution in [0.25, 0.3) is 5.65 Å². The third kappa shape index (κ3) is 3.25. The Morgan fingerprint density at radius 1 is 1.24 bits per heavy atom. The Balaban J connectivity index is 1.42. The molecule has 6 heteroatoms. The first kappa shape index (κ1) is 15.8. The van der Waals surface area contributed by atoms with Crippen LogP contribution in [0.1, 0.15) is 18.3 Å². The monoisotopic (exact) mass is 335 g/mol. The molecular weight excluding hydrogens is 314 g/mol. The van der Waals surface area contributed by atoms with Crippen molar-refractivity contribution in [1.82, 2.24) is 19.9 Å². The van der Waals surface area contributed by atoms with Crippen LogP contribution in [-0.4, -0.2) is 33.6 Å². The van der Waals surface area contributed by atoms with Gasteiger partial charge in [0, 0.05) is 24.2 Å². The highest BCUT2D eigenvalue weighted by Gasteiger charge is 2.28. The standard InChI is InChI=1S/C19H21N5O/c1-13(15-11-20-12-15)19(25)21-16-7-5-14(6-8-16)10-18-23-22-17-4-2-3-9-24(17)18/h2-9,13,15,20H,10-12H2,1H3,(H,21,25). The lowest BCUT2D eigenvalue weighted by Gasteiger charge is -2.31. The Bertz CT molecular complexity index is 882. The number of pyridine rings is 1. The van der Waals surface area contributed by atoms with Gasteiger partial charge in [-0.05, 0) is 48.8 Å². The topological polar surface area (TPSA) is 71.3 Å². The quantitative estimate of drug-likeness (QED) is 0.749. The van der Waals surface area contributed by atoms with Crippen molar-refractivity contribution in [1.29, 1.82) is 0 Å². The lowest BCUT2D eigenvalue weighted by molar-refractivity contribution is -0.121. The van der Waals surface area contributed by atoms with Gasteiger partial charge in [-0.25, -0.2) is 0 Å². The molecule has 0 spiro atoms. The number of aromatic nitrogens is 3. The molecule has 128 valence electrons. The summed E-state index contributed by atoms with van der Waals surface area (Å²) < 4.78 is 1.99. The normalized spacial score (nSPS) is 15.7. The number of fused-ring (bicyclic) bond motifs is 1. The molecule has 1 atom stereocenters. The molecule has 2 N–H and O–H groups in total. The van der Waals surface area contributed by atoms with Crippen LogP contribution in [0.3, 0.4) is 0 Å². The van der Waals surface area contributed by atoms with Crippen molar-refractivity contribution in [3.63, 3.8) is 0 Å². The molecule has 0 saturated carbocycles. The summed E-state index contributed by atoms with van der Waals surface area (Å²) in [5, 5.41) is 14.6. The Kier molecular flexibility index (Phi) is 4.19. The highest BCUT2D eigenvalue weighted by Crippen LogP contribution is 2.19. The second-order valence-electron chi connectivity index (χ2n) is 6.62. The third-order valence-electron chi connectivity index (χ3n) is 4.90. The summed E-state index contributed by atoms with van der Waals surface area (Å²) in [6.45, 7) is 3.85. The van der Waals surface area contributed by atoms with Crippen LogP contribution >= 0.6 is 0 Å². The van der Waals surface area contributed by atoms with Crippen LogP contribution in [0.4, 0.5) is 5.69 Å². The van der Waals surface area contributed by atoms with Crippen molar-refractivity contribution < 1.29 is 4.79 Å². The molecule has 1 unspecified atom stereocenters. The van der Waals surface area contributed by atoms with E-state index >= 15 is 0 Å². The Morgan fingerprint density at radius 2 is 2.04 bits per heavy atom. The van der Waals surface area contributed by atoms with E-state index in [9.17, 15) is 4.79 Å². The third-order valence-corrected chi connectivity index (χ3v) is 4.90. The molecule has 1 saturated heterocycles. The van der Waals surface area contributed by atoms with Gasteiger partial charge in [0.2, 0.25) is 5.91 Å². The Labute approximate surface area is 146 Å². The number of nitrogens with one attached hydrogen (secondary N) is 2. The van der Waals surface area contributed by atoms with Crippen molar-refractivity contribution in [2.75, 3.05) is 18.4 Å².